The van der Waals surface area contributed by atoms with Crippen LogP contribution in [0.2, 0.25) is 0 Å². The second-order valence-corrected chi connectivity index (χ2v) is 10.5. The number of nitrogens with one attached hydrogen (secondary N) is 2. The molecule has 0 bridgehead atoms. The van der Waals surface area contributed by atoms with Crippen molar-refractivity contribution < 1.29 is 32.6 Å². The van der Waals surface area contributed by atoms with Gasteiger partial charge in [-0.15, -0.1) is 0 Å². The molecule has 2 rings (SSSR count). The molecule has 0 radical (unpaired) electrons. The van der Waals surface area contributed by atoms with E-state index < -0.39 is 40.0 Å². The summed E-state index contributed by atoms with van der Waals surface area (Å²) in [6, 6.07) is 12.4. The minimum absolute atomic E-state index is 0.0960. The van der Waals surface area contributed by atoms with Crippen molar-refractivity contribution in [3.05, 3.63) is 60.2 Å². The van der Waals surface area contributed by atoms with Crippen LogP contribution in [0.15, 0.2) is 59.5 Å². The van der Waals surface area contributed by atoms with Gasteiger partial charge in [-0.05, 0) is 36.2 Å². The monoisotopic (exact) mass is 547 g/mol. The van der Waals surface area contributed by atoms with E-state index in [2.05, 4.69) is 17.6 Å². The number of benzene rings is 2. The van der Waals surface area contributed by atoms with Crippen LogP contribution in [-0.4, -0.2) is 44.0 Å². The number of carbonyl (C=O) groups excluding carboxylic acids is 3. The largest absolute Gasteiger partial charge is 0.464 e. The van der Waals surface area contributed by atoms with E-state index in [1.807, 2.05) is 0 Å². The SMILES string of the molecule is CCCCCCCCOC(=O)[C@@H](NC(=O)CCC(=O)Nc1ccc(S(N)(=O)=O)cc1)[C@@H](O)c1ccccc1. The number of esters is 1. The number of sulfonamides is 1. The maximum Gasteiger partial charge on any atom is 0.331 e. The standard InChI is InChI=1S/C27H37N3O7S/c1-2-3-4-5-6-10-19-37-27(34)25(26(33)20-11-8-7-9-12-20)30-24(32)18-17-23(31)29-21-13-15-22(16-14-21)38(28,35)36/h7-9,11-16,25-26,33H,2-6,10,17-19H2,1H3,(H,29,31)(H,30,32)(H2,28,35,36)/t25-,26-/m0/s1. The Bertz CT molecular complexity index is 1140. The van der Waals surface area contributed by atoms with Gasteiger partial charge in [-0.1, -0.05) is 69.4 Å². The van der Waals surface area contributed by atoms with Gasteiger partial charge in [0.1, 0.15) is 6.10 Å². The molecule has 2 atom stereocenters. The predicted molar refractivity (Wildman–Crippen MR) is 143 cm³/mol. The van der Waals surface area contributed by atoms with Gasteiger partial charge < -0.3 is 20.5 Å². The number of amides is 2. The van der Waals surface area contributed by atoms with Crippen molar-refractivity contribution in [3.8, 4) is 0 Å². The van der Waals surface area contributed by atoms with Crippen LogP contribution in [0.4, 0.5) is 5.69 Å². The first kappa shape index (κ1) is 30.9. The first-order chi connectivity index (χ1) is 18.1. The molecule has 0 aliphatic carbocycles. The number of ether oxygens (including phenoxy) is 1. The van der Waals surface area contributed by atoms with Gasteiger partial charge in [-0.25, -0.2) is 18.4 Å². The predicted octanol–water partition coefficient (Wildman–Crippen LogP) is 3.17. The van der Waals surface area contributed by atoms with Crippen LogP contribution in [0.3, 0.4) is 0 Å². The normalized spacial score (nSPS) is 12.8. The molecular formula is C27H37N3O7S. The molecule has 2 aromatic carbocycles. The summed E-state index contributed by atoms with van der Waals surface area (Å²) in [6.07, 6.45) is 4.32. The Morgan fingerprint density at radius 1 is 0.895 bits per heavy atom. The number of rotatable bonds is 16. The molecular weight excluding hydrogens is 510 g/mol. The topological polar surface area (TPSA) is 165 Å². The van der Waals surface area contributed by atoms with Crippen molar-refractivity contribution in [3.63, 3.8) is 0 Å². The number of nitrogens with two attached hydrogens (primary N) is 1. The lowest BCUT2D eigenvalue weighted by Gasteiger charge is -2.23. The Morgan fingerprint density at radius 3 is 2.13 bits per heavy atom. The van der Waals surface area contributed by atoms with Gasteiger partial charge in [-0.2, -0.15) is 0 Å². The maximum atomic E-state index is 12.8. The fraction of sp³-hybridized carbons (Fsp3) is 0.444. The summed E-state index contributed by atoms with van der Waals surface area (Å²) < 4.78 is 28.0. The number of aliphatic hydroxyl groups is 1. The molecule has 0 spiro atoms. The highest BCUT2D eigenvalue weighted by atomic mass is 32.2. The Balaban J connectivity index is 1.91. The summed E-state index contributed by atoms with van der Waals surface area (Å²) in [5.74, 6) is -1.85. The van der Waals surface area contributed by atoms with Crippen molar-refractivity contribution in [2.45, 2.75) is 75.3 Å². The van der Waals surface area contributed by atoms with Crippen LogP contribution in [-0.2, 0) is 29.1 Å². The zero-order valence-corrected chi connectivity index (χ0v) is 22.4. The summed E-state index contributed by atoms with van der Waals surface area (Å²) in [7, 11) is -3.85. The molecule has 10 nitrogen and oxygen atoms in total. The molecule has 0 aliphatic rings. The number of unbranched alkanes of at least 4 members (excludes halogenated alkanes) is 5. The van der Waals surface area contributed by atoms with Crippen LogP contribution >= 0.6 is 0 Å². The summed E-state index contributed by atoms with van der Waals surface area (Å²) >= 11 is 0. The van der Waals surface area contributed by atoms with Crippen molar-refractivity contribution in [1.82, 2.24) is 5.32 Å². The third kappa shape index (κ3) is 11.0. The maximum absolute atomic E-state index is 12.8. The lowest BCUT2D eigenvalue weighted by Crippen LogP contribution is -2.46. The van der Waals surface area contributed by atoms with E-state index in [1.54, 1.807) is 30.3 Å². The Hall–Kier alpha value is -3.28. The summed E-state index contributed by atoms with van der Waals surface area (Å²) in [5.41, 5.74) is 0.772. The van der Waals surface area contributed by atoms with Crippen LogP contribution in [0, 0.1) is 0 Å². The zero-order chi connectivity index (χ0) is 28.0. The van der Waals surface area contributed by atoms with Gasteiger partial charge >= 0.3 is 5.97 Å². The smallest absolute Gasteiger partial charge is 0.331 e. The molecule has 0 saturated heterocycles. The van der Waals surface area contributed by atoms with Crippen LogP contribution in [0.1, 0.15) is 70.0 Å². The minimum atomic E-state index is -3.85. The van der Waals surface area contributed by atoms with Gasteiger partial charge in [0, 0.05) is 18.5 Å². The zero-order valence-electron chi connectivity index (χ0n) is 21.6. The van der Waals surface area contributed by atoms with Gasteiger partial charge in [0.2, 0.25) is 21.8 Å². The molecule has 2 aromatic rings. The van der Waals surface area contributed by atoms with Gasteiger partial charge in [0.25, 0.3) is 0 Å². The number of primary sulfonamides is 1. The highest BCUT2D eigenvalue weighted by molar-refractivity contribution is 7.89. The Labute approximate surface area is 224 Å². The number of carbonyl (C=O) groups is 3. The molecule has 5 N–H and O–H groups in total. The van der Waals surface area contributed by atoms with E-state index in [0.29, 0.717) is 17.7 Å². The average molecular weight is 548 g/mol. The molecule has 0 unspecified atom stereocenters. The van der Waals surface area contributed by atoms with Crippen molar-refractivity contribution in [2.24, 2.45) is 5.14 Å². The lowest BCUT2D eigenvalue weighted by molar-refractivity contribution is -0.151. The van der Waals surface area contributed by atoms with Gasteiger partial charge in [-0.3, -0.25) is 9.59 Å². The lowest BCUT2D eigenvalue weighted by atomic mass is 10.0. The molecule has 38 heavy (non-hydrogen) atoms. The van der Waals surface area contributed by atoms with E-state index in [-0.39, 0.29) is 24.3 Å². The van der Waals surface area contributed by atoms with E-state index in [4.69, 9.17) is 9.88 Å². The number of hydrogen-bond acceptors (Lipinski definition) is 7. The number of aliphatic hydroxyl groups excluding tert-OH is 1. The Morgan fingerprint density at radius 2 is 1.50 bits per heavy atom. The fourth-order valence-corrected chi connectivity index (χ4v) is 4.19. The van der Waals surface area contributed by atoms with Gasteiger partial charge in [0.15, 0.2) is 6.04 Å². The molecule has 208 valence electrons. The third-order valence-corrected chi connectivity index (χ3v) is 6.74. The fourth-order valence-electron chi connectivity index (χ4n) is 3.68. The van der Waals surface area contributed by atoms with E-state index >= 15 is 0 Å². The van der Waals surface area contributed by atoms with Crippen LogP contribution in [0.5, 0.6) is 0 Å². The molecule has 2 amide bonds. The molecule has 0 aliphatic heterocycles. The van der Waals surface area contributed by atoms with E-state index in [0.717, 1.165) is 25.7 Å². The van der Waals surface area contributed by atoms with E-state index in [1.165, 1.54) is 30.7 Å². The molecule has 11 heteroatoms. The summed E-state index contributed by atoms with van der Waals surface area (Å²) in [5, 5.41) is 20.9. The molecule has 0 heterocycles. The summed E-state index contributed by atoms with van der Waals surface area (Å²) in [6.45, 7) is 2.32. The first-order valence-corrected chi connectivity index (χ1v) is 14.3. The summed E-state index contributed by atoms with van der Waals surface area (Å²) in [4.78, 5) is 37.5. The van der Waals surface area contributed by atoms with Crippen LogP contribution in [0.25, 0.3) is 0 Å². The van der Waals surface area contributed by atoms with Crippen molar-refractivity contribution in [2.75, 3.05) is 11.9 Å². The number of anilines is 1. The minimum Gasteiger partial charge on any atom is -0.464 e. The van der Waals surface area contributed by atoms with Crippen LogP contribution < -0.4 is 15.8 Å². The quantitative estimate of drug-likeness (QED) is 0.185. The Kier molecular flexibility index (Phi) is 12.9. The first-order valence-electron chi connectivity index (χ1n) is 12.7. The molecule has 0 aromatic heterocycles. The van der Waals surface area contributed by atoms with E-state index in [9.17, 15) is 27.9 Å². The number of hydrogen-bond donors (Lipinski definition) is 4. The highest BCUT2D eigenvalue weighted by Gasteiger charge is 2.31. The van der Waals surface area contributed by atoms with Crippen molar-refractivity contribution >= 4 is 33.5 Å². The average Bonchev–Trinajstić information content (AvgIpc) is 2.90. The third-order valence-electron chi connectivity index (χ3n) is 5.82. The second kappa shape index (κ2) is 15.9. The highest BCUT2D eigenvalue weighted by Crippen LogP contribution is 2.19. The second-order valence-electron chi connectivity index (χ2n) is 8.95. The molecule has 0 saturated carbocycles. The van der Waals surface area contributed by atoms with Gasteiger partial charge in [0.05, 0.1) is 11.5 Å². The molecule has 0 fully saturated rings. The van der Waals surface area contributed by atoms with Crippen molar-refractivity contribution in [1.29, 1.82) is 0 Å².